The highest BCUT2D eigenvalue weighted by atomic mass is 16.6. The van der Waals surface area contributed by atoms with Gasteiger partial charge in [0.25, 0.3) is 11.6 Å². The molecule has 1 amide bonds. The monoisotopic (exact) mass is 612 g/mol. The predicted octanol–water partition coefficient (Wildman–Crippen LogP) is 6.54. The molecule has 0 saturated heterocycles. The number of non-ortho nitro benzene ring substituents is 1. The number of nitrogens with one attached hydrogen (secondary N) is 1. The molecule has 5 rings (SSSR count). The van der Waals surface area contributed by atoms with Crippen molar-refractivity contribution >= 4 is 29.3 Å². The van der Waals surface area contributed by atoms with Crippen LogP contribution in [0.5, 0.6) is 17.2 Å². The number of nitrogens with zero attached hydrogens (tertiary/aromatic N) is 3. The third-order valence-electron chi connectivity index (χ3n) is 7.43. The molecule has 2 heterocycles. The summed E-state index contributed by atoms with van der Waals surface area (Å²) in [5.41, 5.74) is 5.28. The number of fused-ring (bicyclic) bond motifs is 1. The molecule has 234 valence electrons. The van der Waals surface area contributed by atoms with Crippen LogP contribution in [0.1, 0.15) is 41.0 Å². The molecule has 0 unspecified atom stereocenters. The van der Waals surface area contributed by atoms with Crippen LogP contribution in [0.15, 0.2) is 66.9 Å². The van der Waals surface area contributed by atoms with Crippen LogP contribution >= 0.6 is 0 Å². The summed E-state index contributed by atoms with van der Waals surface area (Å²) < 4.78 is 17.2. The van der Waals surface area contributed by atoms with Crippen molar-refractivity contribution in [3.8, 4) is 28.4 Å². The molecule has 1 aliphatic heterocycles. The summed E-state index contributed by atoms with van der Waals surface area (Å²) in [6.45, 7) is 7.44. The lowest BCUT2D eigenvalue weighted by Gasteiger charge is -2.39. The number of carbonyl (C=O) groups is 2. The van der Waals surface area contributed by atoms with E-state index in [2.05, 4.69) is 10.3 Å². The lowest BCUT2D eigenvalue weighted by molar-refractivity contribution is -0.385. The standard InChI is InChI=1S/C27H29N3O6.C7H7NO/c1-16-7-8-17(30(32)33)13-23(16)36-15-21-19(20-10-9-18(34-5)14-24(20)35-6)11-12-22-25(21)29(4)26(31)27(2,3)28-22;1-6-2-3-7(5-9)4-8-6/h7-14,28H,15H2,1-6H3;2-5H,1H3. The smallest absolute Gasteiger partial charge is 0.273 e. The minimum atomic E-state index is -0.782. The van der Waals surface area contributed by atoms with Gasteiger partial charge in [0.2, 0.25) is 0 Å². The van der Waals surface area contributed by atoms with Gasteiger partial charge >= 0.3 is 0 Å². The molecule has 1 N–H and O–H groups in total. The lowest BCUT2D eigenvalue weighted by atomic mass is 9.91. The van der Waals surface area contributed by atoms with Gasteiger partial charge < -0.3 is 24.4 Å². The topological polar surface area (TPSA) is 133 Å². The fourth-order valence-corrected chi connectivity index (χ4v) is 5.01. The number of aldehydes is 1. The number of pyridine rings is 1. The lowest BCUT2D eigenvalue weighted by Crippen LogP contribution is -2.52. The van der Waals surface area contributed by atoms with Gasteiger partial charge in [-0.1, -0.05) is 6.07 Å². The van der Waals surface area contributed by atoms with Crippen LogP contribution in [-0.4, -0.2) is 48.9 Å². The van der Waals surface area contributed by atoms with E-state index >= 15 is 0 Å². The van der Waals surface area contributed by atoms with Gasteiger partial charge in [-0.3, -0.25) is 24.7 Å². The molecule has 45 heavy (non-hydrogen) atoms. The van der Waals surface area contributed by atoms with Gasteiger partial charge in [0.15, 0.2) is 6.29 Å². The van der Waals surface area contributed by atoms with Crippen molar-refractivity contribution in [3.05, 3.63) is 99.4 Å². The second-order valence-corrected chi connectivity index (χ2v) is 11.0. The molecule has 4 aromatic rings. The second-order valence-electron chi connectivity index (χ2n) is 11.0. The molecular formula is C34H36N4O7. The average Bonchev–Trinajstić information content (AvgIpc) is 3.03. The van der Waals surface area contributed by atoms with Gasteiger partial charge in [-0.15, -0.1) is 0 Å². The highest BCUT2D eigenvalue weighted by Gasteiger charge is 2.38. The first kappa shape index (κ1) is 32.5. The Labute approximate surface area is 261 Å². The van der Waals surface area contributed by atoms with Crippen molar-refractivity contribution in [2.24, 2.45) is 0 Å². The molecule has 0 radical (unpaired) electrons. The number of hydrogen-bond acceptors (Lipinski definition) is 9. The summed E-state index contributed by atoms with van der Waals surface area (Å²) in [6, 6.07) is 17.5. The number of nitro groups is 1. The van der Waals surface area contributed by atoms with E-state index in [0.717, 1.165) is 39.9 Å². The Balaban J connectivity index is 0.000000440. The Bertz CT molecular complexity index is 1740. The summed E-state index contributed by atoms with van der Waals surface area (Å²) in [5, 5.41) is 14.6. The minimum absolute atomic E-state index is 0.0570. The van der Waals surface area contributed by atoms with Crippen LogP contribution in [0.25, 0.3) is 11.1 Å². The summed E-state index contributed by atoms with van der Waals surface area (Å²) in [4.78, 5) is 39.6. The van der Waals surface area contributed by atoms with E-state index in [1.165, 1.54) is 12.1 Å². The highest BCUT2D eigenvalue weighted by Crippen LogP contribution is 2.45. The van der Waals surface area contributed by atoms with Crippen molar-refractivity contribution < 1.29 is 28.7 Å². The Hall–Kier alpha value is -5.45. The second kappa shape index (κ2) is 13.5. The molecule has 1 aromatic heterocycles. The predicted molar refractivity (Wildman–Crippen MR) is 173 cm³/mol. The molecule has 3 aromatic carbocycles. The molecule has 11 heteroatoms. The number of methoxy groups -OCH3 is 2. The maximum absolute atomic E-state index is 13.2. The Morgan fingerprint density at radius 1 is 0.978 bits per heavy atom. The molecule has 0 bridgehead atoms. The van der Waals surface area contributed by atoms with E-state index in [1.807, 2.05) is 58.0 Å². The largest absolute Gasteiger partial charge is 0.497 e. The molecule has 0 aliphatic carbocycles. The van der Waals surface area contributed by atoms with E-state index in [-0.39, 0.29) is 18.2 Å². The quantitative estimate of drug-likeness (QED) is 0.134. The van der Waals surface area contributed by atoms with E-state index in [4.69, 9.17) is 14.2 Å². The van der Waals surface area contributed by atoms with Crippen LogP contribution in [-0.2, 0) is 11.4 Å². The highest BCUT2D eigenvalue weighted by molar-refractivity contribution is 6.08. The number of hydrogen-bond donors (Lipinski definition) is 1. The first-order valence-electron chi connectivity index (χ1n) is 14.1. The van der Waals surface area contributed by atoms with Gasteiger partial charge in [-0.05, 0) is 75.2 Å². The third-order valence-corrected chi connectivity index (χ3v) is 7.43. The number of aromatic nitrogens is 1. The number of aryl methyl sites for hydroxylation is 2. The number of anilines is 2. The summed E-state index contributed by atoms with van der Waals surface area (Å²) in [6.07, 6.45) is 2.34. The maximum Gasteiger partial charge on any atom is 0.273 e. The molecule has 0 saturated carbocycles. The molecule has 0 spiro atoms. The normalized spacial score (nSPS) is 13.0. The summed E-state index contributed by atoms with van der Waals surface area (Å²) in [5.74, 6) is 1.55. The molecule has 0 fully saturated rings. The number of nitro benzene ring substituents is 1. The van der Waals surface area contributed by atoms with Crippen molar-refractivity contribution in [3.63, 3.8) is 0 Å². The molecule has 0 atom stereocenters. The number of rotatable bonds is 8. The van der Waals surface area contributed by atoms with E-state index < -0.39 is 10.5 Å². The molecule has 1 aliphatic rings. The zero-order valence-electron chi connectivity index (χ0n) is 26.3. The number of carbonyl (C=O) groups excluding carboxylic acids is 2. The van der Waals surface area contributed by atoms with Crippen molar-refractivity contribution in [2.45, 2.75) is 39.8 Å². The van der Waals surface area contributed by atoms with Gasteiger partial charge in [-0.25, -0.2) is 0 Å². The van der Waals surface area contributed by atoms with Crippen LogP contribution in [0.2, 0.25) is 0 Å². The van der Waals surface area contributed by atoms with Gasteiger partial charge in [0.1, 0.15) is 29.4 Å². The zero-order valence-corrected chi connectivity index (χ0v) is 26.3. The molecule has 11 nitrogen and oxygen atoms in total. The number of ether oxygens (including phenoxy) is 3. The summed E-state index contributed by atoms with van der Waals surface area (Å²) >= 11 is 0. The number of amides is 1. The van der Waals surface area contributed by atoms with E-state index in [9.17, 15) is 19.7 Å². The van der Waals surface area contributed by atoms with Gasteiger partial charge in [0, 0.05) is 47.8 Å². The fourth-order valence-electron chi connectivity index (χ4n) is 5.01. The third kappa shape index (κ3) is 7.04. The van der Waals surface area contributed by atoms with Crippen LogP contribution in [0.4, 0.5) is 17.1 Å². The Morgan fingerprint density at radius 2 is 1.71 bits per heavy atom. The van der Waals surface area contributed by atoms with Gasteiger partial charge in [0.05, 0.1) is 36.6 Å². The first-order chi connectivity index (χ1) is 21.4. The summed E-state index contributed by atoms with van der Waals surface area (Å²) in [7, 11) is 4.90. The van der Waals surface area contributed by atoms with E-state index in [1.54, 1.807) is 50.6 Å². The van der Waals surface area contributed by atoms with E-state index in [0.29, 0.717) is 28.5 Å². The number of likely N-dealkylation sites (N-methyl/N-ethyl adjacent to an activating group) is 1. The minimum Gasteiger partial charge on any atom is -0.497 e. The van der Waals surface area contributed by atoms with Crippen LogP contribution < -0.4 is 24.4 Å². The van der Waals surface area contributed by atoms with Crippen molar-refractivity contribution in [1.29, 1.82) is 0 Å². The molecular weight excluding hydrogens is 576 g/mol. The SMILES string of the molecule is COc1ccc(-c2ccc3c(c2COc2cc([N+](=O)[O-])ccc2C)N(C)C(=O)C(C)(C)N3)c(OC)c1.Cc1ccc(C=O)cn1. The Morgan fingerprint density at radius 3 is 2.33 bits per heavy atom. The van der Waals surface area contributed by atoms with Gasteiger partial charge in [-0.2, -0.15) is 0 Å². The average molecular weight is 613 g/mol. The number of benzene rings is 3. The Kier molecular flexibility index (Phi) is 9.71. The first-order valence-corrected chi connectivity index (χ1v) is 14.1. The maximum atomic E-state index is 13.2. The van der Waals surface area contributed by atoms with Crippen molar-refractivity contribution in [1.82, 2.24) is 4.98 Å². The van der Waals surface area contributed by atoms with Crippen LogP contribution in [0.3, 0.4) is 0 Å². The van der Waals surface area contributed by atoms with Crippen molar-refractivity contribution in [2.75, 3.05) is 31.5 Å². The fraction of sp³-hybridized carbons (Fsp3) is 0.265. The van der Waals surface area contributed by atoms with Crippen LogP contribution in [0, 0.1) is 24.0 Å². The zero-order chi connectivity index (χ0) is 32.9.